The van der Waals surface area contributed by atoms with E-state index in [-0.39, 0.29) is 12.4 Å². The second-order valence-corrected chi connectivity index (χ2v) is 7.43. The van der Waals surface area contributed by atoms with Gasteiger partial charge in [0.15, 0.2) is 5.78 Å². The average Bonchev–Trinajstić information content (AvgIpc) is 3.14. The van der Waals surface area contributed by atoms with Crippen molar-refractivity contribution in [1.82, 2.24) is 4.57 Å². The smallest absolute Gasteiger partial charge is 0.294 e. The molecule has 0 atom stereocenters. The molecule has 0 aliphatic heterocycles. The number of hydrogen-bond acceptors (Lipinski definition) is 4. The van der Waals surface area contributed by atoms with Crippen molar-refractivity contribution in [3.8, 4) is 0 Å². The number of ketones is 1. The molecule has 0 amide bonds. The molecule has 1 heterocycles. The van der Waals surface area contributed by atoms with E-state index >= 15 is 0 Å². The molecule has 0 bridgehead atoms. The fourth-order valence-corrected chi connectivity index (χ4v) is 4.01. The number of carbonyl (C=O) groups is 1. The summed E-state index contributed by atoms with van der Waals surface area (Å²) in [6.45, 7) is 4.91. The summed E-state index contributed by atoms with van der Waals surface area (Å²) in [7, 11) is 0. The highest BCUT2D eigenvalue weighted by atomic mass is 16.9. The minimum atomic E-state index is -0.757. The van der Waals surface area contributed by atoms with Gasteiger partial charge in [-0.3, -0.25) is 4.79 Å². The predicted molar refractivity (Wildman–Crippen MR) is 123 cm³/mol. The minimum Gasteiger partial charge on any atom is -0.347 e. The van der Waals surface area contributed by atoms with E-state index in [0.717, 1.165) is 53.4 Å². The SMILES string of the molecule is C/C=C\c1cccc(C(=O)c2cn(CCCCCO[N+](=O)[O-])c3ccccc23)c1CC. The highest BCUT2D eigenvalue weighted by Gasteiger charge is 2.19. The van der Waals surface area contributed by atoms with Crippen molar-refractivity contribution < 1.29 is 14.7 Å². The Morgan fingerprint density at radius 3 is 2.65 bits per heavy atom. The third kappa shape index (κ3) is 5.20. The Bertz CT molecular complexity index is 1100. The number of carbonyl (C=O) groups excluding carboxylic acids is 1. The van der Waals surface area contributed by atoms with Gasteiger partial charge in [-0.2, -0.15) is 0 Å². The van der Waals surface area contributed by atoms with E-state index in [0.29, 0.717) is 12.0 Å². The maximum atomic E-state index is 13.6. The van der Waals surface area contributed by atoms with Gasteiger partial charge in [0.25, 0.3) is 5.09 Å². The fraction of sp³-hybridized carbons (Fsp3) is 0.320. The molecule has 0 spiro atoms. The summed E-state index contributed by atoms with van der Waals surface area (Å²) < 4.78 is 2.11. The number of aromatic nitrogens is 1. The maximum Gasteiger partial charge on any atom is 0.294 e. The van der Waals surface area contributed by atoms with E-state index in [1.165, 1.54) is 0 Å². The first-order valence-corrected chi connectivity index (χ1v) is 10.7. The Morgan fingerprint density at radius 1 is 1.10 bits per heavy atom. The third-order valence-electron chi connectivity index (χ3n) is 5.43. The molecular formula is C25H28N2O4. The molecule has 0 saturated heterocycles. The molecule has 0 aliphatic rings. The van der Waals surface area contributed by atoms with Gasteiger partial charge in [0.1, 0.15) is 0 Å². The average molecular weight is 421 g/mol. The quantitative estimate of drug-likeness (QED) is 0.169. The normalized spacial score (nSPS) is 11.3. The Hall–Kier alpha value is -3.41. The van der Waals surface area contributed by atoms with E-state index < -0.39 is 5.09 Å². The number of rotatable bonds is 11. The number of unbranched alkanes of at least 4 members (excludes halogenated alkanes) is 2. The van der Waals surface area contributed by atoms with Crippen LogP contribution in [0.25, 0.3) is 17.0 Å². The number of benzene rings is 2. The van der Waals surface area contributed by atoms with Crippen LogP contribution in [-0.2, 0) is 17.8 Å². The van der Waals surface area contributed by atoms with Crippen LogP contribution in [0.4, 0.5) is 0 Å². The Morgan fingerprint density at radius 2 is 1.90 bits per heavy atom. The summed E-state index contributed by atoms with van der Waals surface area (Å²) in [6.07, 6.45) is 9.06. The summed E-state index contributed by atoms with van der Waals surface area (Å²) in [5.74, 6) is 0.0394. The van der Waals surface area contributed by atoms with Gasteiger partial charge in [0, 0.05) is 34.8 Å². The largest absolute Gasteiger partial charge is 0.347 e. The Labute approximate surface area is 182 Å². The number of allylic oxidation sites excluding steroid dienone is 1. The lowest BCUT2D eigenvalue weighted by atomic mass is 9.93. The molecule has 0 unspecified atom stereocenters. The van der Waals surface area contributed by atoms with Gasteiger partial charge in [0.05, 0.1) is 6.61 Å². The van der Waals surface area contributed by atoms with Crippen LogP contribution in [0, 0.1) is 10.1 Å². The second kappa shape index (κ2) is 10.6. The van der Waals surface area contributed by atoms with E-state index in [1.807, 2.05) is 67.7 Å². The molecule has 1 aromatic heterocycles. The van der Waals surface area contributed by atoms with Crippen LogP contribution in [0.5, 0.6) is 0 Å². The van der Waals surface area contributed by atoms with E-state index in [1.54, 1.807) is 0 Å². The van der Waals surface area contributed by atoms with Gasteiger partial charge in [0.2, 0.25) is 0 Å². The van der Waals surface area contributed by atoms with Gasteiger partial charge < -0.3 is 9.40 Å². The van der Waals surface area contributed by atoms with Gasteiger partial charge in [-0.15, -0.1) is 10.1 Å². The predicted octanol–water partition coefficient (Wildman–Crippen LogP) is 5.85. The van der Waals surface area contributed by atoms with Gasteiger partial charge in [-0.25, -0.2) is 0 Å². The zero-order valence-corrected chi connectivity index (χ0v) is 18.0. The van der Waals surface area contributed by atoms with Gasteiger partial charge in [-0.1, -0.05) is 55.5 Å². The molecule has 0 aliphatic carbocycles. The monoisotopic (exact) mass is 420 g/mol. The van der Waals surface area contributed by atoms with Crippen LogP contribution < -0.4 is 0 Å². The van der Waals surface area contributed by atoms with Crippen LogP contribution >= 0.6 is 0 Å². The third-order valence-corrected chi connectivity index (χ3v) is 5.43. The van der Waals surface area contributed by atoms with E-state index in [4.69, 9.17) is 0 Å². The van der Waals surface area contributed by atoms with Gasteiger partial charge >= 0.3 is 0 Å². The molecule has 2 aromatic carbocycles. The van der Waals surface area contributed by atoms with Crippen molar-refractivity contribution in [1.29, 1.82) is 0 Å². The molecule has 0 fully saturated rings. The van der Waals surface area contributed by atoms with E-state index in [2.05, 4.69) is 16.3 Å². The van der Waals surface area contributed by atoms with Crippen LogP contribution in [-0.4, -0.2) is 22.0 Å². The van der Waals surface area contributed by atoms with Crippen molar-refractivity contribution in [3.63, 3.8) is 0 Å². The highest BCUT2D eigenvalue weighted by molar-refractivity contribution is 6.17. The van der Waals surface area contributed by atoms with Crippen LogP contribution in [0.3, 0.4) is 0 Å². The van der Waals surface area contributed by atoms with Crippen LogP contribution in [0.1, 0.15) is 60.2 Å². The minimum absolute atomic E-state index is 0.0394. The highest BCUT2D eigenvalue weighted by Crippen LogP contribution is 2.27. The molecule has 3 aromatic rings. The second-order valence-electron chi connectivity index (χ2n) is 7.43. The van der Waals surface area contributed by atoms with E-state index in [9.17, 15) is 14.9 Å². The number of fused-ring (bicyclic) bond motifs is 1. The summed E-state index contributed by atoms with van der Waals surface area (Å²) >= 11 is 0. The summed E-state index contributed by atoms with van der Waals surface area (Å²) in [5.41, 5.74) is 4.62. The van der Waals surface area contributed by atoms with Crippen molar-refractivity contribution in [2.24, 2.45) is 0 Å². The lowest BCUT2D eigenvalue weighted by Gasteiger charge is -2.10. The van der Waals surface area contributed by atoms with Crippen molar-refractivity contribution in [2.45, 2.75) is 46.1 Å². The molecule has 3 rings (SSSR count). The lowest BCUT2D eigenvalue weighted by Crippen LogP contribution is -2.06. The standard InChI is InChI=1S/C25H28N2O4/c1-3-11-19-12-10-14-22(20(19)4-2)25(28)23-18-26(24-15-7-6-13-21(23)24)16-8-5-9-17-31-27(29)30/h3,6-7,10-15,18H,4-5,8-9,16-17H2,1-2H3/b11-3-. The molecule has 6 nitrogen and oxygen atoms in total. The molecule has 0 radical (unpaired) electrons. The molecule has 0 saturated carbocycles. The number of nitrogens with zero attached hydrogens (tertiary/aromatic N) is 2. The van der Waals surface area contributed by atoms with Gasteiger partial charge in [-0.05, 0) is 49.8 Å². The number of aryl methyl sites for hydroxylation is 1. The molecule has 162 valence electrons. The summed E-state index contributed by atoms with van der Waals surface area (Å²) in [4.78, 5) is 28.2. The molecular weight excluding hydrogens is 392 g/mol. The first-order chi connectivity index (χ1) is 15.1. The fourth-order valence-electron chi connectivity index (χ4n) is 4.01. The molecule has 0 N–H and O–H groups in total. The zero-order valence-electron chi connectivity index (χ0n) is 18.0. The molecule has 6 heteroatoms. The van der Waals surface area contributed by atoms with Crippen LogP contribution in [0.2, 0.25) is 0 Å². The van der Waals surface area contributed by atoms with Crippen molar-refractivity contribution >= 4 is 22.8 Å². The first kappa shape index (κ1) is 22.3. The zero-order chi connectivity index (χ0) is 22.2. The van der Waals surface area contributed by atoms with Crippen LogP contribution in [0.15, 0.2) is 54.7 Å². The first-order valence-electron chi connectivity index (χ1n) is 10.7. The Balaban J connectivity index is 1.86. The number of para-hydroxylation sites is 1. The lowest BCUT2D eigenvalue weighted by molar-refractivity contribution is -0.757. The van der Waals surface area contributed by atoms with Crippen molar-refractivity contribution in [2.75, 3.05) is 6.61 Å². The summed E-state index contributed by atoms with van der Waals surface area (Å²) in [5, 5.41) is 10.4. The topological polar surface area (TPSA) is 74.4 Å². The van der Waals surface area contributed by atoms with Crippen molar-refractivity contribution in [3.05, 3.63) is 87.1 Å². The molecule has 31 heavy (non-hydrogen) atoms. The number of hydrogen-bond donors (Lipinski definition) is 0. The Kier molecular flexibility index (Phi) is 7.60. The summed E-state index contributed by atoms with van der Waals surface area (Å²) in [6, 6.07) is 13.8. The maximum absolute atomic E-state index is 13.6.